The molecule has 2 N–H and O–H groups in total. The molecule has 1 aliphatic heterocycles. The maximum atomic E-state index is 15.9. The van der Waals surface area contributed by atoms with E-state index in [9.17, 15) is 9.00 Å². The first-order valence-electron chi connectivity index (χ1n) is 15.8. The Morgan fingerprint density at radius 2 is 1.33 bits per heavy atom. The van der Waals surface area contributed by atoms with Gasteiger partial charge in [0.15, 0.2) is 5.82 Å². The summed E-state index contributed by atoms with van der Waals surface area (Å²) < 4.78 is 50.7. The van der Waals surface area contributed by atoms with Crippen LogP contribution in [0.4, 0.5) is 21.7 Å². The Balaban J connectivity index is 1.37. The molecule has 0 spiro atoms. The maximum Gasteiger partial charge on any atom is 0.253 e. The molecule has 252 valence electrons. The van der Waals surface area contributed by atoms with Crippen LogP contribution in [-0.2, 0) is 42.2 Å². The van der Waals surface area contributed by atoms with Crippen molar-refractivity contribution in [1.82, 2.24) is 14.7 Å². The summed E-state index contributed by atoms with van der Waals surface area (Å²) in [6.07, 6.45) is 0.592. The SMILES string of the molecule is CC(C)Cc1c(OCc2ccccc2)nc(Nc2cc(F)c(N3CC(=O)NS3=O)c(OCc3ccccc3)c2)nc1OCc1ccccc1. The van der Waals surface area contributed by atoms with Crippen molar-refractivity contribution in [3.05, 3.63) is 131 Å². The van der Waals surface area contributed by atoms with Crippen molar-refractivity contribution in [1.29, 1.82) is 0 Å². The third-order valence-corrected chi connectivity index (χ3v) is 8.55. The van der Waals surface area contributed by atoms with E-state index < -0.39 is 22.9 Å². The molecule has 0 saturated carbocycles. The molecule has 12 heteroatoms. The molecule has 1 aromatic heterocycles. The zero-order valence-corrected chi connectivity index (χ0v) is 27.9. The van der Waals surface area contributed by atoms with Crippen molar-refractivity contribution in [3.8, 4) is 17.5 Å². The first kappa shape index (κ1) is 33.4. The van der Waals surface area contributed by atoms with Gasteiger partial charge in [0, 0.05) is 11.8 Å². The van der Waals surface area contributed by atoms with Crippen LogP contribution in [0.1, 0.15) is 36.1 Å². The molecule has 1 atom stereocenters. The van der Waals surface area contributed by atoms with E-state index in [1.807, 2.05) is 91.0 Å². The molecule has 1 saturated heterocycles. The van der Waals surface area contributed by atoms with E-state index in [1.54, 1.807) is 6.07 Å². The van der Waals surface area contributed by atoms with Crippen LogP contribution in [-0.4, -0.2) is 26.6 Å². The number of carbonyl (C=O) groups excluding carboxylic acids is 1. The van der Waals surface area contributed by atoms with Crippen LogP contribution in [0.3, 0.4) is 0 Å². The molecular formula is C37H36FN5O5S. The summed E-state index contributed by atoms with van der Waals surface area (Å²) in [4.78, 5) is 21.5. The Labute approximate surface area is 287 Å². The molecule has 2 heterocycles. The normalized spacial score (nSPS) is 14.1. The fourth-order valence-electron chi connectivity index (χ4n) is 5.17. The van der Waals surface area contributed by atoms with Gasteiger partial charge in [0.2, 0.25) is 28.9 Å². The molecule has 0 aliphatic carbocycles. The largest absolute Gasteiger partial charge is 0.487 e. The van der Waals surface area contributed by atoms with Crippen LogP contribution >= 0.6 is 0 Å². The molecule has 0 radical (unpaired) electrons. The highest BCUT2D eigenvalue weighted by Crippen LogP contribution is 2.38. The summed E-state index contributed by atoms with van der Waals surface area (Å²) in [5.41, 5.74) is 3.63. The van der Waals surface area contributed by atoms with Gasteiger partial charge in [0.25, 0.3) is 5.91 Å². The topological polar surface area (TPSA) is 115 Å². The Morgan fingerprint density at radius 1 is 0.816 bits per heavy atom. The molecule has 49 heavy (non-hydrogen) atoms. The van der Waals surface area contributed by atoms with Crippen LogP contribution in [0.25, 0.3) is 0 Å². The Hall–Kier alpha value is -5.49. The first-order valence-corrected chi connectivity index (χ1v) is 16.9. The van der Waals surface area contributed by atoms with Crippen LogP contribution in [0.15, 0.2) is 103 Å². The van der Waals surface area contributed by atoms with E-state index in [-0.39, 0.29) is 55.4 Å². The van der Waals surface area contributed by atoms with Gasteiger partial charge in [-0.05, 0) is 35.1 Å². The zero-order valence-electron chi connectivity index (χ0n) is 27.1. The van der Waals surface area contributed by atoms with Crippen LogP contribution in [0.2, 0.25) is 0 Å². The van der Waals surface area contributed by atoms with Gasteiger partial charge in [-0.25, -0.2) is 8.60 Å². The van der Waals surface area contributed by atoms with Gasteiger partial charge < -0.3 is 19.5 Å². The van der Waals surface area contributed by atoms with Crippen molar-refractivity contribution in [2.45, 2.75) is 40.1 Å². The van der Waals surface area contributed by atoms with Crippen LogP contribution in [0, 0.1) is 11.7 Å². The highest BCUT2D eigenvalue weighted by Gasteiger charge is 2.32. The van der Waals surface area contributed by atoms with E-state index in [4.69, 9.17) is 24.2 Å². The van der Waals surface area contributed by atoms with Gasteiger partial charge in [-0.2, -0.15) is 9.97 Å². The van der Waals surface area contributed by atoms with Crippen molar-refractivity contribution >= 4 is 34.4 Å². The van der Waals surface area contributed by atoms with Gasteiger partial charge in [-0.3, -0.25) is 13.8 Å². The van der Waals surface area contributed by atoms with Crippen LogP contribution in [0.5, 0.6) is 17.5 Å². The average Bonchev–Trinajstić information content (AvgIpc) is 3.44. The number of halogens is 1. The third kappa shape index (κ3) is 8.71. The number of aromatic nitrogens is 2. The fraction of sp³-hybridized carbons (Fsp3) is 0.216. The summed E-state index contributed by atoms with van der Waals surface area (Å²) in [5.74, 6) is -0.134. The Bertz CT molecular complexity index is 1850. The Kier molecular flexibility index (Phi) is 10.6. The number of anilines is 3. The smallest absolute Gasteiger partial charge is 0.253 e. The second-order valence-electron chi connectivity index (χ2n) is 11.8. The number of amides is 1. The summed E-state index contributed by atoms with van der Waals surface area (Å²) in [5, 5.41) is 3.10. The van der Waals surface area contributed by atoms with Gasteiger partial charge in [-0.1, -0.05) is 105 Å². The second-order valence-corrected chi connectivity index (χ2v) is 12.9. The molecule has 1 amide bonds. The first-order chi connectivity index (χ1) is 23.8. The number of hydrogen-bond acceptors (Lipinski definition) is 8. The number of nitrogens with one attached hydrogen (secondary N) is 2. The van der Waals surface area contributed by atoms with Gasteiger partial charge in [0.1, 0.15) is 37.8 Å². The van der Waals surface area contributed by atoms with Gasteiger partial charge >= 0.3 is 0 Å². The third-order valence-electron chi connectivity index (χ3n) is 7.44. The molecule has 5 aromatic rings. The molecule has 4 aromatic carbocycles. The van der Waals surface area contributed by atoms with E-state index in [2.05, 4.69) is 23.9 Å². The monoisotopic (exact) mass is 681 g/mol. The van der Waals surface area contributed by atoms with Crippen molar-refractivity contribution in [2.75, 3.05) is 16.2 Å². The molecular weight excluding hydrogens is 646 g/mol. The summed E-state index contributed by atoms with van der Waals surface area (Å²) in [6.45, 7) is 4.52. The highest BCUT2D eigenvalue weighted by molar-refractivity contribution is 7.85. The van der Waals surface area contributed by atoms with Crippen LogP contribution < -0.4 is 28.6 Å². The number of hydrogen-bond donors (Lipinski definition) is 2. The molecule has 1 fully saturated rings. The van der Waals surface area contributed by atoms with E-state index in [0.29, 0.717) is 18.2 Å². The minimum absolute atomic E-state index is 0.0775. The van der Waals surface area contributed by atoms with Crippen molar-refractivity contribution in [3.63, 3.8) is 0 Å². The summed E-state index contributed by atoms with van der Waals surface area (Å²) in [6, 6.07) is 31.6. The predicted octanol–water partition coefficient (Wildman–Crippen LogP) is 6.81. The molecule has 6 rings (SSSR count). The van der Waals surface area contributed by atoms with E-state index >= 15 is 4.39 Å². The molecule has 0 bridgehead atoms. The van der Waals surface area contributed by atoms with E-state index in [0.717, 1.165) is 26.6 Å². The van der Waals surface area contributed by atoms with Crippen molar-refractivity contribution < 1.29 is 27.6 Å². The number of rotatable bonds is 14. The standard InChI is InChI=1S/C37H36FN5O5S/c1-25(2)18-30-35(47-23-27-14-8-4-9-15-27)40-37(41-36(30)48-24-28-16-10-5-11-17-28)39-29-19-31(38)34(43-21-33(44)42-49(43)45)32(20-29)46-22-26-12-6-3-7-13-26/h3-17,19-20,25H,18,21-24H2,1-2H3,(H,42,44)(H,39,40,41). The lowest BCUT2D eigenvalue weighted by Gasteiger charge is -2.21. The predicted molar refractivity (Wildman–Crippen MR) is 186 cm³/mol. The minimum atomic E-state index is -1.97. The second kappa shape index (κ2) is 15.6. The number of ether oxygens (including phenoxy) is 3. The quantitative estimate of drug-likeness (QED) is 0.131. The zero-order chi connectivity index (χ0) is 34.2. The molecule has 1 aliphatic rings. The highest BCUT2D eigenvalue weighted by atomic mass is 32.2. The molecule has 1 unspecified atom stereocenters. The lowest BCUT2D eigenvalue weighted by molar-refractivity contribution is -0.117. The number of carbonyl (C=O) groups is 1. The number of nitrogens with zero attached hydrogens (tertiary/aromatic N) is 3. The average molecular weight is 682 g/mol. The maximum absolute atomic E-state index is 15.9. The van der Waals surface area contributed by atoms with E-state index in [1.165, 1.54) is 6.07 Å². The van der Waals surface area contributed by atoms with Gasteiger partial charge in [0.05, 0.1) is 5.56 Å². The van der Waals surface area contributed by atoms with Crippen molar-refractivity contribution in [2.24, 2.45) is 5.92 Å². The number of benzene rings is 4. The van der Waals surface area contributed by atoms with Gasteiger partial charge in [-0.15, -0.1) is 0 Å². The lowest BCUT2D eigenvalue weighted by atomic mass is 10.0. The summed E-state index contributed by atoms with van der Waals surface area (Å²) >= 11 is -1.97. The minimum Gasteiger partial charge on any atom is -0.487 e. The summed E-state index contributed by atoms with van der Waals surface area (Å²) in [7, 11) is 0. The Morgan fingerprint density at radius 3 is 1.80 bits per heavy atom. The fourth-order valence-corrected chi connectivity index (χ4v) is 6.12. The lowest BCUT2D eigenvalue weighted by Crippen LogP contribution is -2.24. The molecule has 10 nitrogen and oxygen atoms in total.